The summed E-state index contributed by atoms with van der Waals surface area (Å²) in [5.74, 6) is 2.60. The highest BCUT2D eigenvalue weighted by Crippen LogP contribution is 2.53. The molecule has 0 aromatic heterocycles. The second kappa shape index (κ2) is 12.6. The predicted octanol–water partition coefficient (Wildman–Crippen LogP) is 9.40. The Kier molecular flexibility index (Phi) is 9.14. The number of aryl methyl sites for hydroxylation is 1. The molecule has 6 rings (SSSR count). The molecule has 3 aromatic rings. The monoisotopic (exact) mass is 553 g/mol. The number of piperidine rings is 1. The molecule has 1 heterocycles. The van der Waals surface area contributed by atoms with E-state index in [-0.39, 0.29) is 5.60 Å². The molecule has 1 saturated carbocycles. The van der Waals surface area contributed by atoms with Gasteiger partial charge in [-0.15, -0.1) is 0 Å². The van der Waals surface area contributed by atoms with Crippen LogP contribution in [0.15, 0.2) is 72.8 Å². The summed E-state index contributed by atoms with van der Waals surface area (Å²) in [7, 11) is 1.84. The van der Waals surface area contributed by atoms with E-state index >= 15 is 0 Å². The first-order valence-electron chi connectivity index (χ1n) is 16.0. The van der Waals surface area contributed by atoms with E-state index in [1.165, 1.54) is 66.7 Å². The highest BCUT2D eigenvalue weighted by molar-refractivity contribution is 5.53. The largest absolute Gasteiger partial charge is 0.488 e. The summed E-state index contributed by atoms with van der Waals surface area (Å²) in [5.41, 5.74) is 7.54. The maximum Gasteiger partial charge on any atom is 0.120 e. The van der Waals surface area contributed by atoms with Crippen molar-refractivity contribution >= 4 is 5.69 Å². The third-order valence-corrected chi connectivity index (χ3v) is 9.52. The first-order valence-corrected chi connectivity index (χ1v) is 16.0. The number of benzene rings is 3. The molecule has 2 fully saturated rings. The number of nitrogens with zero attached hydrogens (tertiary/aromatic N) is 1. The van der Waals surface area contributed by atoms with Gasteiger partial charge in [0.15, 0.2) is 0 Å². The SMILES string of the molecule is CC.COCC1CC2(CCN(c3ccc(C4c5ccc(OC(C)(C)C)cc5CCC4c4ccccc4)cc3)CC2)C1. The minimum Gasteiger partial charge on any atom is -0.488 e. The highest BCUT2D eigenvalue weighted by atomic mass is 16.5. The molecule has 0 bridgehead atoms. The van der Waals surface area contributed by atoms with Gasteiger partial charge in [0.25, 0.3) is 0 Å². The molecule has 1 spiro atoms. The van der Waals surface area contributed by atoms with Crippen molar-refractivity contribution in [2.24, 2.45) is 11.3 Å². The lowest BCUT2D eigenvalue weighted by atomic mass is 9.58. The maximum atomic E-state index is 6.24. The van der Waals surface area contributed by atoms with Gasteiger partial charge in [-0.05, 0) is 123 Å². The van der Waals surface area contributed by atoms with Gasteiger partial charge >= 0.3 is 0 Å². The van der Waals surface area contributed by atoms with Crippen LogP contribution in [0, 0.1) is 11.3 Å². The molecule has 3 aromatic carbocycles. The van der Waals surface area contributed by atoms with E-state index in [9.17, 15) is 0 Å². The summed E-state index contributed by atoms with van der Waals surface area (Å²) in [6, 6.07) is 27.5. The van der Waals surface area contributed by atoms with Crippen LogP contribution >= 0.6 is 0 Å². The number of rotatable bonds is 6. The van der Waals surface area contributed by atoms with Crippen LogP contribution in [0.3, 0.4) is 0 Å². The average molecular weight is 554 g/mol. The molecule has 1 aliphatic heterocycles. The van der Waals surface area contributed by atoms with Crippen LogP contribution in [0.4, 0.5) is 5.69 Å². The maximum absolute atomic E-state index is 6.24. The van der Waals surface area contributed by atoms with E-state index in [0.717, 1.165) is 31.1 Å². The third-order valence-electron chi connectivity index (χ3n) is 9.52. The summed E-state index contributed by atoms with van der Waals surface area (Å²) in [4.78, 5) is 2.61. The first kappa shape index (κ1) is 29.7. The van der Waals surface area contributed by atoms with Gasteiger partial charge in [0.05, 0.1) is 0 Å². The van der Waals surface area contributed by atoms with Gasteiger partial charge in [-0.1, -0.05) is 62.4 Å². The standard InChI is InChI=1S/C36H45NO2.C2H6/c1-35(2,3)39-31-15-17-33-29(22-31)12-16-32(27-8-6-5-7-9-27)34(33)28-10-13-30(14-11-28)37-20-18-36(19-21-37)23-26(24-36)25-38-4;1-2/h5-11,13-15,17,22,26,32,34H,12,16,18-21,23-25H2,1-4H3;1-2H3. The fourth-order valence-electron chi connectivity index (χ4n) is 7.74. The summed E-state index contributed by atoms with van der Waals surface area (Å²) < 4.78 is 11.6. The second-order valence-corrected chi connectivity index (χ2v) is 13.4. The molecule has 220 valence electrons. The fourth-order valence-corrected chi connectivity index (χ4v) is 7.74. The summed E-state index contributed by atoms with van der Waals surface area (Å²) >= 11 is 0. The Bertz CT molecular complexity index is 1240. The van der Waals surface area contributed by atoms with Gasteiger partial charge in [0, 0.05) is 38.4 Å². The van der Waals surface area contributed by atoms with Crippen LogP contribution in [0.2, 0.25) is 0 Å². The topological polar surface area (TPSA) is 21.7 Å². The molecule has 0 radical (unpaired) electrons. The number of methoxy groups -OCH3 is 1. The quantitative estimate of drug-likeness (QED) is 0.303. The molecule has 2 unspecified atom stereocenters. The average Bonchev–Trinajstić information content (AvgIpc) is 2.97. The zero-order valence-electron chi connectivity index (χ0n) is 26.3. The minimum atomic E-state index is -0.191. The smallest absolute Gasteiger partial charge is 0.120 e. The Morgan fingerprint density at radius 3 is 2.17 bits per heavy atom. The van der Waals surface area contributed by atoms with E-state index < -0.39 is 0 Å². The Hall–Kier alpha value is -2.78. The van der Waals surface area contributed by atoms with Gasteiger partial charge in [-0.25, -0.2) is 0 Å². The number of anilines is 1. The van der Waals surface area contributed by atoms with Gasteiger partial charge in [-0.2, -0.15) is 0 Å². The summed E-state index contributed by atoms with van der Waals surface area (Å²) in [6.07, 6.45) is 7.60. The van der Waals surface area contributed by atoms with Gasteiger partial charge in [0.2, 0.25) is 0 Å². The predicted molar refractivity (Wildman–Crippen MR) is 172 cm³/mol. The molecular formula is C38H51NO2. The van der Waals surface area contributed by atoms with Crippen LogP contribution in [-0.4, -0.2) is 32.4 Å². The summed E-state index contributed by atoms with van der Waals surface area (Å²) in [6.45, 7) is 13.6. The lowest BCUT2D eigenvalue weighted by Gasteiger charge is -2.52. The third kappa shape index (κ3) is 6.67. The Balaban J connectivity index is 0.00000165. The van der Waals surface area contributed by atoms with Gasteiger partial charge in [0.1, 0.15) is 11.4 Å². The van der Waals surface area contributed by atoms with Crippen molar-refractivity contribution in [3.8, 4) is 5.75 Å². The zero-order valence-corrected chi connectivity index (χ0v) is 26.3. The van der Waals surface area contributed by atoms with Gasteiger partial charge < -0.3 is 14.4 Å². The molecule has 41 heavy (non-hydrogen) atoms. The van der Waals surface area contributed by atoms with E-state index in [4.69, 9.17) is 9.47 Å². The first-order chi connectivity index (χ1) is 19.8. The van der Waals surface area contributed by atoms with Crippen molar-refractivity contribution in [2.75, 3.05) is 31.7 Å². The number of fused-ring (bicyclic) bond motifs is 1. The molecule has 0 amide bonds. The Morgan fingerprint density at radius 1 is 0.854 bits per heavy atom. The normalized spacial score (nSPS) is 21.9. The van der Waals surface area contributed by atoms with Gasteiger partial charge in [-0.3, -0.25) is 0 Å². The molecule has 3 heteroatoms. The molecule has 2 aliphatic carbocycles. The van der Waals surface area contributed by atoms with Crippen molar-refractivity contribution in [1.82, 2.24) is 0 Å². The second-order valence-electron chi connectivity index (χ2n) is 13.4. The van der Waals surface area contributed by atoms with Crippen LogP contribution in [-0.2, 0) is 11.2 Å². The van der Waals surface area contributed by atoms with E-state index in [1.807, 2.05) is 21.0 Å². The van der Waals surface area contributed by atoms with Crippen LogP contribution < -0.4 is 9.64 Å². The molecule has 0 N–H and O–H groups in total. The van der Waals surface area contributed by atoms with E-state index in [2.05, 4.69) is 98.5 Å². The zero-order chi connectivity index (χ0) is 29.0. The molecule has 1 saturated heterocycles. The van der Waals surface area contributed by atoms with Crippen molar-refractivity contribution in [2.45, 2.75) is 90.6 Å². The molecule has 2 atom stereocenters. The van der Waals surface area contributed by atoms with E-state index in [0.29, 0.717) is 17.3 Å². The van der Waals surface area contributed by atoms with Crippen molar-refractivity contribution in [3.05, 3.63) is 95.1 Å². The molecule has 3 nitrogen and oxygen atoms in total. The van der Waals surface area contributed by atoms with Crippen molar-refractivity contribution < 1.29 is 9.47 Å². The van der Waals surface area contributed by atoms with E-state index in [1.54, 1.807) is 0 Å². The molecular weight excluding hydrogens is 502 g/mol. The Morgan fingerprint density at radius 2 is 1.54 bits per heavy atom. The van der Waals surface area contributed by atoms with Crippen molar-refractivity contribution in [3.63, 3.8) is 0 Å². The molecule has 3 aliphatic rings. The number of hydrogen-bond donors (Lipinski definition) is 0. The minimum absolute atomic E-state index is 0.191. The van der Waals surface area contributed by atoms with Crippen LogP contribution in [0.5, 0.6) is 5.75 Å². The summed E-state index contributed by atoms with van der Waals surface area (Å²) in [5, 5.41) is 0. The lowest BCUT2D eigenvalue weighted by molar-refractivity contribution is -0.0148. The number of ether oxygens (including phenoxy) is 2. The van der Waals surface area contributed by atoms with Crippen molar-refractivity contribution in [1.29, 1.82) is 0 Å². The Labute approximate surface area is 249 Å². The number of hydrogen-bond acceptors (Lipinski definition) is 3. The van der Waals surface area contributed by atoms with Crippen LogP contribution in [0.25, 0.3) is 0 Å². The lowest BCUT2D eigenvalue weighted by Crippen LogP contribution is -2.48. The highest BCUT2D eigenvalue weighted by Gasteiger charge is 2.45. The fraction of sp³-hybridized carbons (Fsp3) is 0.526. The van der Waals surface area contributed by atoms with Crippen LogP contribution in [0.1, 0.15) is 101 Å².